The first-order valence-corrected chi connectivity index (χ1v) is 10.1. The molecule has 3 aromatic heterocycles. The Morgan fingerprint density at radius 1 is 1.44 bits per heavy atom. The van der Waals surface area contributed by atoms with E-state index in [1.54, 1.807) is 18.4 Å². The number of imide groups is 1. The van der Waals surface area contributed by atoms with Crippen molar-refractivity contribution >= 4 is 45.3 Å². The minimum atomic E-state index is -0.528. The van der Waals surface area contributed by atoms with Crippen LogP contribution in [0.4, 0.5) is 4.79 Å². The number of fused-ring (bicyclic) bond motifs is 1. The maximum atomic E-state index is 12.6. The summed E-state index contributed by atoms with van der Waals surface area (Å²) >= 11 is 2.86. The van der Waals surface area contributed by atoms with Gasteiger partial charge in [-0.2, -0.15) is 11.8 Å². The van der Waals surface area contributed by atoms with Crippen LogP contribution >= 0.6 is 23.1 Å². The lowest BCUT2D eigenvalue weighted by molar-refractivity contribution is -0.119. The van der Waals surface area contributed by atoms with Crippen molar-refractivity contribution in [2.75, 3.05) is 12.8 Å². The Morgan fingerprint density at radius 3 is 2.96 bits per heavy atom. The molecule has 0 radical (unpaired) electrons. The number of hydrogen-bond donors (Lipinski definition) is 3. The zero-order chi connectivity index (χ0) is 19.4. The van der Waals surface area contributed by atoms with E-state index >= 15 is 0 Å². The van der Waals surface area contributed by atoms with Crippen LogP contribution in [0.5, 0.6) is 0 Å². The number of carbonyl (C=O) groups is 2. The van der Waals surface area contributed by atoms with E-state index in [-0.39, 0.29) is 23.1 Å². The van der Waals surface area contributed by atoms with Gasteiger partial charge in [0.1, 0.15) is 16.4 Å². The number of nitrogens with zero attached hydrogens (tertiary/aromatic N) is 1. The monoisotopic (exact) mass is 406 g/mol. The Hall–Kier alpha value is -2.59. The highest BCUT2D eigenvalue weighted by molar-refractivity contribution is 7.99. The van der Waals surface area contributed by atoms with Gasteiger partial charge in [0.25, 0.3) is 5.56 Å². The fourth-order valence-corrected chi connectivity index (χ4v) is 4.29. The van der Waals surface area contributed by atoms with Gasteiger partial charge in [-0.3, -0.25) is 14.9 Å². The molecule has 3 amide bonds. The normalized spacial score (nSPS) is 12.1. The molecule has 0 aromatic carbocycles. The summed E-state index contributed by atoms with van der Waals surface area (Å²) in [6, 6.07) is 3.05. The molecular formula is C17H18N4O4S2. The molecule has 1 atom stereocenters. The van der Waals surface area contributed by atoms with Crippen LogP contribution in [-0.4, -0.2) is 34.7 Å². The summed E-state index contributed by atoms with van der Waals surface area (Å²) in [5.41, 5.74) is 0.513. The highest BCUT2D eigenvalue weighted by atomic mass is 32.2. The predicted octanol–water partition coefficient (Wildman–Crippen LogP) is 2.88. The zero-order valence-electron chi connectivity index (χ0n) is 14.7. The molecule has 0 saturated heterocycles. The fraction of sp³-hybridized carbons (Fsp3) is 0.294. The summed E-state index contributed by atoms with van der Waals surface area (Å²) in [6.07, 6.45) is 1.75. The van der Waals surface area contributed by atoms with Gasteiger partial charge in [0.2, 0.25) is 5.91 Å². The van der Waals surface area contributed by atoms with Crippen LogP contribution in [0.3, 0.4) is 0 Å². The third-order valence-corrected chi connectivity index (χ3v) is 5.85. The highest BCUT2D eigenvalue weighted by Gasteiger charge is 2.17. The quantitative estimate of drug-likeness (QED) is 0.579. The number of urea groups is 1. The van der Waals surface area contributed by atoms with Gasteiger partial charge < -0.3 is 14.7 Å². The highest BCUT2D eigenvalue weighted by Crippen LogP contribution is 2.32. The van der Waals surface area contributed by atoms with Crippen LogP contribution in [0, 0.1) is 0 Å². The summed E-state index contributed by atoms with van der Waals surface area (Å²) in [5, 5.41) is 6.80. The molecule has 0 aliphatic heterocycles. The Bertz CT molecular complexity index is 1010. The van der Waals surface area contributed by atoms with Gasteiger partial charge in [0.05, 0.1) is 16.9 Å². The van der Waals surface area contributed by atoms with Crippen LogP contribution in [0.25, 0.3) is 21.5 Å². The lowest BCUT2D eigenvalue weighted by Crippen LogP contribution is -2.37. The van der Waals surface area contributed by atoms with E-state index < -0.39 is 6.03 Å². The number of carbonyl (C=O) groups excluding carboxylic acids is 2. The molecule has 3 heterocycles. The maximum Gasteiger partial charge on any atom is 0.321 e. The second kappa shape index (κ2) is 8.40. The molecule has 10 heteroatoms. The Kier molecular flexibility index (Phi) is 5.97. The topological polar surface area (TPSA) is 117 Å². The van der Waals surface area contributed by atoms with Gasteiger partial charge in [-0.15, -0.1) is 11.3 Å². The van der Waals surface area contributed by atoms with Crippen LogP contribution in [0.1, 0.15) is 24.4 Å². The van der Waals surface area contributed by atoms with Crippen molar-refractivity contribution in [2.45, 2.75) is 18.6 Å². The smallest absolute Gasteiger partial charge is 0.321 e. The standard InChI is InChI=1S/C17H18N4O4S2/c1-9(26-7-5-12(22)19-17(24)18-2)14-20-15(23)13-10(8-27-16(13)21-14)11-4-3-6-25-11/h3-4,6,8-9H,5,7H2,1-2H3,(H,20,21,23)(H2,18,19,22,24)/t9-/m0/s1. The average molecular weight is 406 g/mol. The molecule has 0 unspecified atom stereocenters. The first-order valence-electron chi connectivity index (χ1n) is 8.18. The van der Waals surface area contributed by atoms with Crippen molar-refractivity contribution in [3.63, 3.8) is 0 Å². The molecule has 142 valence electrons. The number of thiophene rings is 1. The first-order chi connectivity index (χ1) is 13.0. The molecule has 8 nitrogen and oxygen atoms in total. The summed E-state index contributed by atoms with van der Waals surface area (Å²) in [6.45, 7) is 1.91. The van der Waals surface area contributed by atoms with Crippen molar-refractivity contribution in [1.82, 2.24) is 20.6 Å². The largest absolute Gasteiger partial charge is 0.464 e. The number of furan rings is 1. The molecule has 0 spiro atoms. The second-order valence-electron chi connectivity index (χ2n) is 5.65. The van der Waals surface area contributed by atoms with E-state index in [4.69, 9.17) is 4.42 Å². The predicted molar refractivity (Wildman–Crippen MR) is 106 cm³/mol. The van der Waals surface area contributed by atoms with E-state index in [0.717, 1.165) is 5.56 Å². The summed E-state index contributed by atoms with van der Waals surface area (Å²) in [4.78, 5) is 43.3. The number of aromatic amines is 1. The molecule has 27 heavy (non-hydrogen) atoms. The van der Waals surface area contributed by atoms with Crippen molar-refractivity contribution < 1.29 is 14.0 Å². The molecule has 3 N–H and O–H groups in total. The minimum Gasteiger partial charge on any atom is -0.464 e. The van der Waals surface area contributed by atoms with Crippen LogP contribution in [-0.2, 0) is 4.79 Å². The van der Waals surface area contributed by atoms with Gasteiger partial charge in [-0.25, -0.2) is 9.78 Å². The fourth-order valence-electron chi connectivity index (χ4n) is 2.43. The second-order valence-corrected chi connectivity index (χ2v) is 7.96. The van der Waals surface area contributed by atoms with Crippen molar-refractivity contribution in [2.24, 2.45) is 0 Å². The lowest BCUT2D eigenvalue weighted by atomic mass is 10.2. The van der Waals surface area contributed by atoms with Gasteiger partial charge in [0.15, 0.2) is 0 Å². The number of H-pyrrole nitrogens is 1. The van der Waals surface area contributed by atoms with E-state index in [0.29, 0.717) is 27.6 Å². The maximum absolute atomic E-state index is 12.6. The average Bonchev–Trinajstić information content (AvgIpc) is 3.30. The lowest BCUT2D eigenvalue weighted by Gasteiger charge is -2.10. The Labute approximate surface area is 162 Å². The summed E-state index contributed by atoms with van der Waals surface area (Å²) in [7, 11) is 1.44. The minimum absolute atomic E-state index is 0.107. The summed E-state index contributed by atoms with van der Waals surface area (Å²) in [5.74, 6) is 1.32. The molecule has 0 saturated carbocycles. The molecule has 0 aliphatic rings. The molecule has 0 fully saturated rings. The first kappa shape index (κ1) is 19.2. The molecular weight excluding hydrogens is 388 g/mol. The third kappa shape index (κ3) is 4.40. The zero-order valence-corrected chi connectivity index (χ0v) is 16.3. The third-order valence-electron chi connectivity index (χ3n) is 3.81. The number of rotatable bonds is 6. The van der Waals surface area contributed by atoms with E-state index in [2.05, 4.69) is 20.6 Å². The van der Waals surface area contributed by atoms with Gasteiger partial charge >= 0.3 is 6.03 Å². The van der Waals surface area contributed by atoms with Crippen LogP contribution in [0.2, 0.25) is 0 Å². The van der Waals surface area contributed by atoms with Gasteiger partial charge in [-0.1, -0.05) is 0 Å². The van der Waals surface area contributed by atoms with Gasteiger partial charge in [0, 0.05) is 30.2 Å². The van der Waals surface area contributed by atoms with Gasteiger partial charge in [-0.05, 0) is 19.1 Å². The van der Waals surface area contributed by atoms with Crippen molar-refractivity contribution in [3.05, 3.63) is 40.0 Å². The number of thioether (sulfide) groups is 1. The van der Waals surface area contributed by atoms with Crippen molar-refractivity contribution in [1.29, 1.82) is 0 Å². The molecule has 3 aromatic rings. The van der Waals surface area contributed by atoms with Crippen LogP contribution < -0.4 is 16.2 Å². The molecule has 3 rings (SSSR count). The molecule has 0 aliphatic carbocycles. The van der Waals surface area contributed by atoms with E-state index in [1.165, 1.54) is 30.1 Å². The Balaban J connectivity index is 1.69. The Morgan fingerprint density at radius 2 is 2.26 bits per heavy atom. The van der Waals surface area contributed by atoms with Crippen molar-refractivity contribution in [3.8, 4) is 11.3 Å². The van der Waals surface area contributed by atoms with E-state index in [1.807, 2.05) is 12.3 Å². The number of aromatic nitrogens is 2. The number of nitrogens with one attached hydrogen (secondary N) is 3. The SMILES string of the molecule is CNC(=O)NC(=O)CCS[C@@H](C)c1nc2scc(-c3ccco3)c2c(=O)[nH]1. The molecule has 0 bridgehead atoms. The number of hydrogen-bond acceptors (Lipinski definition) is 7. The van der Waals surface area contributed by atoms with Crippen LogP contribution in [0.15, 0.2) is 33.0 Å². The summed E-state index contributed by atoms with van der Waals surface area (Å²) < 4.78 is 5.39. The van der Waals surface area contributed by atoms with E-state index in [9.17, 15) is 14.4 Å². The number of amides is 3.